The van der Waals surface area contributed by atoms with Gasteiger partial charge in [0.2, 0.25) is 0 Å². The summed E-state index contributed by atoms with van der Waals surface area (Å²) in [5, 5.41) is 4.97. The first-order valence-corrected chi connectivity index (χ1v) is 8.64. The highest BCUT2D eigenvalue weighted by atomic mass is 35.5. The molecule has 0 aliphatic heterocycles. The number of aryl methyl sites for hydroxylation is 1. The molecule has 1 N–H and O–H groups in total. The molecule has 0 fully saturated rings. The molecule has 1 atom stereocenters. The number of ether oxygens (including phenoxy) is 1. The Hall–Kier alpha value is -1.22. The summed E-state index contributed by atoms with van der Waals surface area (Å²) < 4.78 is 5.18. The van der Waals surface area contributed by atoms with Crippen molar-refractivity contribution < 1.29 is 4.74 Å². The van der Waals surface area contributed by atoms with Gasteiger partial charge in [-0.15, -0.1) is 0 Å². The minimum atomic E-state index is 0.461. The molecule has 2 rings (SSSR count). The molecule has 2 aromatic rings. The molecule has 0 radical (unpaired) electrons. The molecule has 0 aliphatic carbocycles. The van der Waals surface area contributed by atoms with Gasteiger partial charge in [0.25, 0.3) is 0 Å². The van der Waals surface area contributed by atoms with E-state index in [4.69, 9.17) is 27.9 Å². The van der Waals surface area contributed by atoms with Gasteiger partial charge in [-0.2, -0.15) is 0 Å². The van der Waals surface area contributed by atoms with Gasteiger partial charge in [-0.3, -0.25) is 0 Å². The number of benzene rings is 2. The Morgan fingerprint density at radius 3 is 2.43 bits per heavy atom. The predicted octanol–water partition coefficient (Wildman–Crippen LogP) is 5.16. The average molecular weight is 352 g/mol. The van der Waals surface area contributed by atoms with Gasteiger partial charge in [0.15, 0.2) is 0 Å². The maximum absolute atomic E-state index is 6.19. The van der Waals surface area contributed by atoms with Gasteiger partial charge in [-0.25, -0.2) is 0 Å². The van der Waals surface area contributed by atoms with Crippen LogP contribution in [0.25, 0.3) is 0 Å². The molecule has 0 amide bonds. The lowest BCUT2D eigenvalue weighted by atomic mass is 10.1. The second kappa shape index (κ2) is 9.17. The van der Waals surface area contributed by atoms with E-state index in [0.29, 0.717) is 11.1 Å². The normalized spacial score (nSPS) is 12.2. The summed E-state index contributed by atoms with van der Waals surface area (Å²) in [6, 6.07) is 14.4. The molecule has 124 valence electrons. The summed E-state index contributed by atoms with van der Waals surface area (Å²) in [5.74, 6) is 0.903. The standard InChI is InChI=1S/C19H23Cl2NO/c1-14(3-4-15-5-9-18(23-2)10-6-15)22-12-11-16-7-8-17(20)13-19(16)21/h5-10,13-14,22H,3-4,11-12H2,1-2H3/t14-/m1/s1. The molecule has 2 aromatic carbocycles. The van der Waals surface area contributed by atoms with Crippen molar-refractivity contribution in [3.63, 3.8) is 0 Å². The molecular formula is C19H23Cl2NO. The van der Waals surface area contributed by atoms with E-state index >= 15 is 0 Å². The third kappa shape index (κ3) is 6.06. The summed E-state index contributed by atoms with van der Waals surface area (Å²) in [6.07, 6.45) is 3.06. The van der Waals surface area contributed by atoms with Crippen molar-refractivity contribution in [1.82, 2.24) is 5.32 Å². The van der Waals surface area contributed by atoms with Crippen LogP contribution in [0.15, 0.2) is 42.5 Å². The number of halogens is 2. The van der Waals surface area contributed by atoms with E-state index < -0.39 is 0 Å². The minimum absolute atomic E-state index is 0.461. The quantitative estimate of drug-likeness (QED) is 0.709. The van der Waals surface area contributed by atoms with Crippen LogP contribution < -0.4 is 10.1 Å². The average Bonchev–Trinajstić information content (AvgIpc) is 2.55. The largest absolute Gasteiger partial charge is 0.497 e. The van der Waals surface area contributed by atoms with Crippen LogP contribution in [0.4, 0.5) is 0 Å². The Bertz CT molecular complexity index is 613. The number of hydrogen-bond acceptors (Lipinski definition) is 2. The van der Waals surface area contributed by atoms with Gasteiger partial charge in [0.05, 0.1) is 7.11 Å². The van der Waals surface area contributed by atoms with Gasteiger partial charge in [-0.1, -0.05) is 41.4 Å². The molecule has 0 saturated heterocycles. The number of rotatable bonds is 8. The smallest absolute Gasteiger partial charge is 0.118 e. The van der Waals surface area contributed by atoms with Crippen LogP contribution in [0.1, 0.15) is 24.5 Å². The van der Waals surface area contributed by atoms with E-state index in [1.807, 2.05) is 24.3 Å². The zero-order valence-corrected chi connectivity index (χ0v) is 15.1. The highest BCUT2D eigenvalue weighted by Crippen LogP contribution is 2.21. The van der Waals surface area contributed by atoms with Crippen LogP contribution in [-0.2, 0) is 12.8 Å². The summed E-state index contributed by atoms with van der Waals surface area (Å²) >= 11 is 12.1. The van der Waals surface area contributed by atoms with Gasteiger partial charge in [0.1, 0.15) is 5.75 Å². The molecule has 4 heteroatoms. The van der Waals surface area contributed by atoms with E-state index in [2.05, 4.69) is 24.4 Å². The zero-order valence-electron chi connectivity index (χ0n) is 13.6. The van der Waals surface area contributed by atoms with Crippen molar-refractivity contribution in [2.45, 2.75) is 32.2 Å². The number of hydrogen-bond donors (Lipinski definition) is 1. The van der Waals surface area contributed by atoms with Gasteiger partial charge in [-0.05, 0) is 68.1 Å². The molecule has 0 aromatic heterocycles. The first-order chi connectivity index (χ1) is 11.1. The molecule has 0 aliphatic rings. The topological polar surface area (TPSA) is 21.3 Å². The lowest BCUT2D eigenvalue weighted by molar-refractivity contribution is 0.414. The van der Waals surface area contributed by atoms with Crippen molar-refractivity contribution in [2.75, 3.05) is 13.7 Å². The van der Waals surface area contributed by atoms with Crippen molar-refractivity contribution in [3.05, 3.63) is 63.6 Å². The maximum atomic E-state index is 6.19. The van der Waals surface area contributed by atoms with Gasteiger partial charge in [0, 0.05) is 16.1 Å². The maximum Gasteiger partial charge on any atom is 0.118 e. The van der Waals surface area contributed by atoms with Crippen LogP contribution in [-0.4, -0.2) is 19.7 Å². The van der Waals surface area contributed by atoms with E-state index in [1.54, 1.807) is 13.2 Å². The minimum Gasteiger partial charge on any atom is -0.497 e. The lowest BCUT2D eigenvalue weighted by Gasteiger charge is -2.14. The highest BCUT2D eigenvalue weighted by Gasteiger charge is 2.05. The molecule has 0 saturated carbocycles. The van der Waals surface area contributed by atoms with E-state index in [1.165, 1.54) is 5.56 Å². The van der Waals surface area contributed by atoms with Crippen LogP contribution >= 0.6 is 23.2 Å². The molecule has 0 heterocycles. The molecular weight excluding hydrogens is 329 g/mol. The summed E-state index contributed by atoms with van der Waals surface area (Å²) in [7, 11) is 1.69. The fourth-order valence-electron chi connectivity index (χ4n) is 2.46. The van der Waals surface area contributed by atoms with Crippen LogP contribution in [0, 0.1) is 0 Å². The van der Waals surface area contributed by atoms with Crippen LogP contribution in [0.5, 0.6) is 5.75 Å². The molecule has 23 heavy (non-hydrogen) atoms. The van der Waals surface area contributed by atoms with E-state index in [-0.39, 0.29) is 0 Å². The first-order valence-electron chi connectivity index (χ1n) is 7.88. The third-order valence-electron chi connectivity index (χ3n) is 3.93. The predicted molar refractivity (Wildman–Crippen MR) is 98.9 cm³/mol. The fraction of sp³-hybridized carbons (Fsp3) is 0.368. The Morgan fingerprint density at radius 1 is 1.04 bits per heavy atom. The van der Waals surface area contributed by atoms with Gasteiger partial charge >= 0.3 is 0 Å². The van der Waals surface area contributed by atoms with Crippen molar-refractivity contribution >= 4 is 23.2 Å². The van der Waals surface area contributed by atoms with E-state index in [9.17, 15) is 0 Å². The summed E-state index contributed by atoms with van der Waals surface area (Å²) in [4.78, 5) is 0. The molecule has 0 unspecified atom stereocenters. The lowest BCUT2D eigenvalue weighted by Crippen LogP contribution is -2.28. The Labute approximate surface area is 148 Å². The molecule has 2 nitrogen and oxygen atoms in total. The Balaban J connectivity index is 1.71. The summed E-state index contributed by atoms with van der Waals surface area (Å²) in [5.41, 5.74) is 2.46. The SMILES string of the molecule is COc1ccc(CC[C@@H](C)NCCc2ccc(Cl)cc2Cl)cc1. The monoisotopic (exact) mass is 351 g/mol. The van der Waals surface area contributed by atoms with Crippen LogP contribution in [0.3, 0.4) is 0 Å². The van der Waals surface area contributed by atoms with Crippen LogP contribution in [0.2, 0.25) is 10.0 Å². The Morgan fingerprint density at radius 2 is 1.78 bits per heavy atom. The first kappa shape index (κ1) is 18.1. The van der Waals surface area contributed by atoms with Gasteiger partial charge < -0.3 is 10.1 Å². The fourth-order valence-corrected chi connectivity index (χ4v) is 2.96. The highest BCUT2D eigenvalue weighted by molar-refractivity contribution is 6.35. The molecule has 0 spiro atoms. The van der Waals surface area contributed by atoms with Crippen molar-refractivity contribution in [1.29, 1.82) is 0 Å². The van der Waals surface area contributed by atoms with Crippen molar-refractivity contribution in [2.24, 2.45) is 0 Å². The Kier molecular flexibility index (Phi) is 7.22. The number of nitrogens with one attached hydrogen (secondary N) is 1. The third-order valence-corrected chi connectivity index (χ3v) is 4.51. The second-order valence-electron chi connectivity index (χ2n) is 5.73. The van der Waals surface area contributed by atoms with Crippen molar-refractivity contribution in [3.8, 4) is 5.75 Å². The van der Waals surface area contributed by atoms with E-state index in [0.717, 1.165) is 42.1 Å². The molecule has 0 bridgehead atoms. The summed E-state index contributed by atoms with van der Waals surface area (Å²) in [6.45, 7) is 3.12. The number of methoxy groups -OCH3 is 1. The zero-order chi connectivity index (χ0) is 16.7. The second-order valence-corrected chi connectivity index (χ2v) is 6.57.